The van der Waals surface area contributed by atoms with Crippen LogP contribution in [-0.2, 0) is 52.3 Å². The lowest BCUT2D eigenvalue weighted by Crippen LogP contribution is -2.65. The monoisotopic (exact) mass is 1290 g/mol. The van der Waals surface area contributed by atoms with E-state index in [1.165, 1.54) is 18.2 Å². The number of aliphatic hydroxyl groups is 13. The Bertz CT molecular complexity index is 3370. The van der Waals surface area contributed by atoms with Gasteiger partial charge in [0.25, 0.3) is 11.9 Å². The van der Waals surface area contributed by atoms with E-state index in [-0.39, 0.29) is 28.0 Å². The van der Waals surface area contributed by atoms with E-state index in [2.05, 4.69) is 4.74 Å². The summed E-state index contributed by atoms with van der Waals surface area (Å²) in [5.74, 6) is -11.0. The van der Waals surface area contributed by atoms with E-state index >= 15 is 0 Å². The van der Waals surface area contributed by atoms with Crippen LogP contribution in [0.1, 0.15) is 28.4 Å². The SMILES string of the molecule is O=C(/C=C/c1ccc(O)c(O)c1)OC[C@H]1O[C@@H](Oc2cc(O)c3c(c2)[OH+]C(c2cc(O)c(O)c(O[C@@H]4O[C@H](C(=O)O)[C@@H](O)[C@H](O)[C@H]4O)c2)C(O[C@@H]2O[C@H](CO)[C@H](O)[C@H](O)[C@H]2O[C@@H]2O[C@H](CO)[C@@H](O)[C@H](O)[C@H]2OC(=O)/C=C/c2ccc(O)c(O)c2)=C3)[C@H](O)[C@@H](O)[C@@H]1O. The van der Waals surface area contributed by atoms with Crippen LogP contribution >= 0.6 is 0 Å². The molecule has 0 saturated carbocycles. The van der Waals surface area contributed by atoms with Crippen molar-refractivity contribution in [2.24, 2.45) is 0 Å². The minimum Gasteiger partial charge on any atom is -0.571 e. The summed E-state index contributed by atoms with van der Waals surface area (Å²) in [5, 5.41) is 213. The molecule has 0 aromatic heterocycles. The van der Waals surface area contributed by atoms with E-state index in [4.69, 9.17) is 47.4 Å². The number of hydrogen-bond donors (Lipinski definition) is 20. The first-order chi connectivity index (χ1) is 43.2. The van der Waals surface area contributed by atoms with Gasteiger partial charge in [-0.2, -0.15) is 0 Å². The van der Waals surface area contributed by atoms with Gasteiger partial charge < -0.3 is 154 Å². The van der Waals surface area contributed by atoms with E-state index in [9.17, 15) is 117 Å². The Kier molecular flexibility index (Phi) is 20.6. The molecule has 21 atom stereocenters. The summed E-state index contributed by atoms with van der Waals surface area (Å²) in [6.45, 7) is -2.82. The van der Waals surface area contributed by atoms with Gasteiger partial charge in [0.1, 0.15) is 103 Å². The van der Waals surface area contributed by atoms with Crippen LogP contribution in [0.3, 0.4) is 0 Å². The number of aromatic hydroxyl groups is 8. The maximum Gasteiger partial charge on any atom is 0.335 e. The van der Waals surface area contributed by atoms with Crippen LogP contribution in [0.2, 0.25) is 0 Å². The molecule has 1 unspecified atom stereocenters. The second-order valence-electron chi connectivity index (χ2n) is 21.2. The van der Waals surface area contributed by atoms with E-state index in [1.54, 1.807) is 0 Å². The van der Waals surface area contributed by atoms with Crippen LogP contribution in [0.4, 0.5) is 0 Å². The summed E-state index contributed by atoms with van der Waals surface area (Å²) in [7, 11) is 0. The Morgan fingerprint density at radius 3 is 1.65 bits per heavy atom. The van der Waals surface area contributed by atoms with Gasteiger partial charge in [-0.25, -0.2) is 14.4 Å². The molecule has 494 valence electrons. The molecule has 0 amide bonds. The molecule has 0 radical (unpaired) electrons. The molecule has 4 fully saturated rings. The first-order valence-electron chi connectivity index (χ1n) is 27.3. The number of fused-ring (bicyclic) bond motifs is 1. The predicted molar refractivity (Wildman–Crippen MR) is 292 cm³/mol. The standard InChI is InChI=1S/C57H62O34/c58-16-33-40(70)45(75)52(91-57-51(44(74)39(69)34(17-59)87-57)89-37(67)8-4-20-2-6-25(61)28(64)10-20)56(86-33)85-32-15-23-26(62)13-22(82-54-47(77)42(72)41(71)35(88-54)18-81-36(66)7-3-19-1-5-24(60)27(63)9-19)14-30(23)83-49(32)21-11-29(65)38(68)31(12-21)84-55-48(78)43(73)46(76)50(90-55)53(79)80/h1-15,33-35,39-52,54-65,68-78H,16-18H2,(H,79,80)/p+1/b7-3+,8-4+/t33-,34-,35-,39-,40+,41-,42+,43+,44+,45+,46+,47-,48-,49?,50+,51-,52-,54-,55-,56-,57+/m1/s1. The molecule has 4 aromatic rings. The highest BCUT2D eigenvalue weighted by molar-refractivity contribution is 5.88. The number of carboxylic acids is 1. The maximum absolute atomic E-state index is 13.3. The molecule has 5 aliphatic rings. The minimum absolute atomic E-state index is 0.159. The van der Waals surface area contributed by atoms with E-state index < -0.39 is 224 Å². The zero-order valence-corrected chi connectivity index (χ0v) is 46.6. The molecule has 0 aliphatic carbocycles. The topological polar surface area (TPSA) is 561 Å². The van der Waals surface area contributed by atoms with Gasteiger partial charge in [-0.05, 0) is 59.7 Å². The molecule has 0 spiro atoms. The molecule has 34 nitrogen and oxygen atoms in total. The molecule has 21 N–H and O–H groups in total. The fourth-order valence-electron chi connectivity index (χ4n) is 9.98. The summed E-state index contributed by atoms with van der Waals surface area (Å²) in [6, 6.07) is 10.9. The minimum atomic E-state index is -2.23. The highest BCUT2D eigenvalue weighted by atomic mass is 16.8. The molecule has 5 aliphatic heterocycles. The largest absolute Gasteiger partial charge is 0.571 e. The molecule has 9 rings (SSSR count). The van der Waals surface area contributed by atoms with Gasteiger partial charge in [0.05, 0.1) is 24.8 Å². The third kappa shape index (κ3) is 14.5. The lowest BCUT2D eigenvalue weighted by Gasteiger charge is -2.46. The highest BCUT2D eigenvalue weighted by Crippen LogP contribution is 2.49. The summed E-state index contributed by atoms with van der Waals surface area (Å²) < 4.78 is 61.7. The van der Waals surface area contributed by atoms with Crippen molar-refractivity contribution in [3.05, 3.63) is 101 Å². The van der Waals surface area contributed by atoms with E-state index in [0.717, 1.165) is 72.8 Å². The van der Waals surface area contributed by atoms with Gasteiger partial charge in [0.2, 0.25) is 24.6 Å². The molecular weight excluding hydrogens is 1230 g/mol. The molecule has 0 bridgehead atoms. The Labute approximate surface area is 510 Å². The van der Waals surface area contributed by atoms with Gasteiger partial charge in [-0.3, -0.25) is 0 Å². The first kappa shape index (κ1) is 67.0. The maximum atomic E-state index is 13.3. The number of esters is 2. The van der Waals surface area contributed by atoms with Crippen molar-refractivity contribution in [3.63, 3.8) is 0 Å². The Hall–Kier alpha value is -8.37. The van der Waals surface area contributed by atoms with Gasteiger partial charge in [-0.15, -0.1) is 0 Å². The van der Waals surface area contributed by atoms with Gasteiger partial charge in [-0.1, -0.05) is 12.1 Å². The van der Waals surface area contributed by atoms with Crippen molar-refractivity contribution in [2.75, 3.05) is 19.8 Å². The van der Waals surface area contributed by atoms with Crippen molar-refractivity contribution in [1.29, 1.82) is 0 Å². The number of aliphatic hydroxyl groups excluding tert-OH is 12. The molecule has 91 heavy (non-hydrogen) atoms. The van der Waals surface area contributed by atoms with Crippen LogP contribution < -0.4 is 9.47 Å². The number of phenols is 7. The quantitative estimate of drug-likeness (QED) is 0.0182. The number of benzene rings is 4. The fourth-order valence-corrected chi connectivity index (χ4v) is 9.98. The number of aliphatic carboxylic acids is 1. The summed E-state index contributed by atoms with van der Waals surface area (Å²) in [5.41, 5.74) is -0.184. The number of phenolic OH excluding ortho intramolecular Hbond substituents is 7. The molecule has 5 heterocycles. The van der Waals surface area contributed by atoms with Crippen molar-refractivity contribution in [2.45, 2.75) is 129 Å². The Morgan fingerprint density at radius 2 is 1.05 bits per heavy atom. The molecule has 4 saturated heterocycles. The number of carbonyl (C=O) groups is 3. The average molecular weight is 1290 g/mol. The summed E-state index contributed by atoms with van der Waals surface area (Å²) in [4.78, 5) is 37.9. The zero-order chi connectivity index (χ0) is 66.0. The second kappa shape index (κ2) is 28.0. The average Bonchev–Trinajstić information content (AvgIpc) is 0.828. The lowest BCUT2D eigenvalue weighted by molar-refractivity contribution is -0.364. The number of hydrogen-bond acceptors (Lipinski definition) is 32. The zero-order valence-electron chi connectivity index (χ0n) is 46.6. The Balaban J connectivity index is 1.05. The van der Waals surface area contributed by atoms with Crippen molar-refractivity contribution in [3.8, 4) is 57.5 Å². The Morgan fingerprint density at radius 1 is 0.505 bits per heavy atom. The van der Waals surface area contributed by atoms with Crippen LogP contribution in [0, 0.1) is 0 Å². The molecule has 4 aromatic carbocycles. The van der Waals surface area contributed by atoms with Crippen LogP contribution in [-0.4, -0.2) is 267 Å². The van der Waals surface area contributed by atoms with Crippen LogP contribution in [0.25, 0.3) is 18.2 Å². The predicted octanol–water partition coefficient (Wildman–Crippen LogP) is -4.42. The van der Waals surface area contributed by atoms with Gasteiger partial charge >= 0.3 is 17.9 Å². The van der Waals surface area contributed by atoms with Crippen molar-refractivity contribution >= 4 is 36.1 Å². The van der Waals surface area contributed by atoms with Gasteiger partial charge in [0.15, 0.2) is 64.9 Å². The van der Waals surface area contributed by atoms with Crippen molar-refractivity contribution in [1.82, 2.24) is 0 Å². The smallest absolute Gasteiger partial charge is 0.335 e. The second-order valence-corrected chi connectivity index (χ2v) is 21.2. The van der Waals surface area contributed by atoms with Crippen LogP contribution in [0.15, 0.2) is 78.6 Å². The van der Waals surface area contributed by atoms with Crippen LogP contribution in [0.5, 0.6) is 57.5 Å². The van der Waals surface area contributed by atoms with Gasteiger partial charge in [0, 0.05) is 24.3 Å². The van der Waals surface area contributed by atoms with Crippen molar-refractivity contribution < 1.29 is 169 Å². The molecular formula is C57H63O34+. The normalized spacial score (nSPS) is 33.3. The fraction of sp³-hybridized carbons (Fsp3) is 0.421. The third-order valence-corrected chi connectivity index (χ3v) is 15.0. The number of rotatable bonds is 19. The summed E-state index contributed by atoms with van der Waals surface area (Å²) in [6.07, 6.45) is -37.8. The molecule has 34 heteroatoms. The van der Waals surface area contributed by atoms with E-state index in [0.29, 0.717) is 0 Å². The highest BCUT2D eigenvalue weighted by Gasteiger charge is 2.55. The number of ether oxygens (including phenoxy) is 11. The third-order valence-electron chi connectivity index (χ3n) is 15.0. The number of carbonyl (C=O) groups excluding carboxylic acids is 2. The van der Waals surface area contributed by atoms with E-state index in [1.807, 2.05) is 0 Å². The first-order valence-corrected chi connectivity index (χ1v) is 27.3. The number of carboxylic acid groups (broad SMARTS) is 1. The lowest BCUT2D eigenvalue weighted by atomic mass is 9.96. The summed E-state index contributed by atoms with van der Waals surface area (Å²) >= 11 is 0.